The number of alkyl halides is 3. The molecule has 1 aromatic rings. The number of hydrogen-bond donors (Lipinski definition) is 0. The fraction of sp³-hybridized carbons (Fsp3) is 0.333. The van der Waals surface area contributed by atoms with Crippen LogP contribution in [0.4, 0.5) is 13.2 Å². The number of nitrogens with zero attached hydrogens (tertiary/aromatic N) is 3. The largest absolute Gasteiger partial charge is 0.524 e. The van der Waals surface area contributed by atoms with Crippen molar-refractivity contribution in [2.75, 3.05) is 0 Å². The molecule has 0 radical (unpaired) electrons. The van der Waals surface area contributed by atoms with E-state index >= 15 is 0 Å². The zero-order chi connectivity index (χ0) is 14.1. The molecule has 2 unspecified atom stereocenters. The minimum absolute atomic E-state index is 0.532. The summed E-state index contributed by atoms with van der Waals surface area (Å²) >= 11 is 0. The van der Waals surface area contributed by atoms with E-state index in [0.29, 0.717) is 5.69 Å². The van der Waals surface area contributed by atoms with Gasteiger partial charge in [0.2, 0.25) is 0 Å². The molecule has 0 fully saturated rings. The fourth-order valence-electron chi connectivity index (χ4n) is 1.94. The number of aromatic nitrogens is 2. The average Bonchev–Trinajstić information content (AvgIpc) is 2.75. The summed E-state index contributed by atoms with van der Waals surface area (Å²) in [6.07, 6.45) is 3.23. The van der Waals surface area contributed by atoms with Crippen LogP contribution in [0.25, 0.3) is 0 Å². The number of allylic oxidation sites excluding steroid dienone is 2. The van der Waals surface area contributed by atoms with E-state index in [4.69, 9.17) is 5.26 Å². The number of ether oxygens (including phenoxy) is 1. The molecule has 1 aliphatic carbocycles. The van der Waals surface area contributed by atoms with Gasteiger partial charge in [0, 0.05) is 6.20 Å². The Kier molecular flexibility index (Phi) is 3.20. The molecule has 1 aromatic heterocycles. The van der Waals surface area contributed by atoms with E-state index in [-0.39, 0.29) is 0 Å². The van der Waals surface area contributed by atoms with E-state index in [1.165, 1.54) is 36.8 Å². The maximum absolute atomic E-state index is 12.7. The summed E-state index contributed by atoms with van der Waals surface area (Å²) in [5, 5.41) is 9.08. The molecule has 100 valence electrons. The van der Waals surface area contributed by atoms with Gasteiger partial charge in [0.05, 0.1) is 18.1 Å². The van der Waals surface area contributed by atoms with Crippen molar-refractivity contribution in [3.63, 3.8) is 0 Å². The lowest BCUT2D eigenvalue weighted by Crippen LogP contribution is -2.45. The van der Waals surface area contributed by atoms with Gasteiger partial charge in [-0.05, 0) is 13.0 Å². The van der Waals surface area contributed by atoms with Crippen LogP contribution in [0.2, 0.25) is 0 Å². The van der Waals surface area contributed by atoms with E-state index in [1.807, 2.05) is 6.07 Å². The molecule has 0 spiro atoms. The average molecular weight is 269 g/mol. The lowest BCUT2D eigenvalue weighted by molar-refractivity contribution is -0.379. The highest BCUT2D eigenvalue weighted by molar-refractivity contribution is 5.25. The molecule has 1 aliphatic rings. The Morgan fingerprint density at radius 1 is 1.47 bits per heavy atom. The molecular formula is C12H10F3N3O. The van der Waals surface area contributed by atoms with Crippen LogP contribution in [0.15, 0.2) is 36.8 Å². The van der Waals surface area contributed by atoms with E-state index in [0.717, 1.165) is 4.57 Å². The molecular weight excluding hydrogens is 259 g/mol. The summed E-state index contributed by atoms with van der Waals surface area (Å²) < 4.78 is 43.4. The van der Waals surface area contributed by atoms with E-state index in [1.54, 1.807) is 6.92 Å². The SMILES string of the molecule is Cc1cn(C2(OC(F)(F)F)C=CC=CC2C#N)cn1. The minimum atomic E-state index is -4.87. The second-order valence-corrected chi connectivity index (χ2v) is 4.07. The maximum atomic E-state index is 12.7. The van der Waals surface area contributed by atoms with Crippen molar-refractivity contribution in [3.8, 4) is 6.07 Å². The Hall–Kier alpha value is -2.07. The predicted molar refractivity (Wildman–Crippen MR) is 59.5 cm³/mol. The van der Waals surface area contributed by atoms with Crippen LogP contribution in [0.1, 0.15) is 5.69 Å². The first kappa shape index (κ1) is 13.4. The number of aryl methyl sites for hydroxylation is 1. The number of hydrogen-bond acceptors (Lipinski definition) is 3. The molecule has 2 atom stereocenters. The molecule has 0 aliphatic heterocycles. The standard InChI is InChI=1S/C12H10F3N3O/c1-9-7-18(8-17-9)11(19-12(13,14)15)5-3-2-4-10(11)6-16/h2-5,7-8,10H,1H3. The van der Waals surface area contributed by atoms with Gasteiger partial charge in [0.25, 0.3) is 0 Å². The molecule has 0 saturated heterocycles. The maximum Gasteiger partial charge on any atom is 0.524 e. The Labute approximate surface area is 107 Å². The zero-order valence-electron chi connectivity index (χ0n) is 9.93. The first-order valence-electron chi connectivity index (χ1n) is 5.41. The van der Waals surface area contributed by atoms with Crippen molar-refractivity contribution in [1.29, 1.82) is 5.26 Å². The number of imidazole rings is 1. The van der Waals surface area contributed by atoms with Crippen LogP contribution in [-0.4, -0.2) is 15.9 Å². The van der Waals surface area contributed by atoms with Gasteiger partial charge in [0.1, 0.15) is 5.92 Å². The zero-order valence-corrected chi connectivity index (χ0v) is 9.93. The summed E-state index contributed by atoms with van der Waals surface area (Å²) in [6, 6.07) is 1.81. The van der Waals surface area contributed by atoms with Gasteiger partial charge in [0.15, 0.2) is 5.72 Å². The predicted octanol–water partition coefficient (Wildman–Crippen LogP) is 2.65. The van der Waals surface area contributed by atoms with E-state index in [9.17, 15) is 13.2 Å². The number of rotatable bonds is 2. The third-order valence-corrected chi connectivity index (χ3v) is 2.73. The third-order valence-electron chi connectivity index (χ3n) is 2.73. The molecule has 0 N–H and O–H groups in total. The Bertz CT molecular complexity index is 568. The normalized spacial score (nSPS) is 26.4. The molecule has 7 heteroatoms. The first-order chi connectivity index (χ1) is 8.87. The highest BCUT2D eigenvalue weighted by Gasteiger charge is 2.48. The first-order valence-corrected chi connectivity index (χ1v) is 5.41. The van der Waals surface area contributed by atoms with Crippen LogP contribution in [-0.2, 0) is 10.5 Å². The topological polar surface area (TPSA) is 50.8 Å². The highest BCUT2D eigenvalue weighted by atomic mass is 19.4. The fourth-order valence-corrected chi connectivity index (χ4v) is 1.94. The molecule has 19 heavy (non-hydrogen) atoms. The van der Waals surface area contributed by atoms with Crippen LogP contribution < -0.4 is 0 Å². The monoisotopic (exact) mass is 269 g/mol. The summed E-state index contributed by atoms with van der Waals surface area (Å²) in [4.78, 5) is 3.88. The smallest absolute Gasteiger partial charge is 0.303 e. The molecule has 0 saturated carbocycles. The van der Waals surface area contributed by atoms with Crippen molar-refractivity contribution < 1.29 is 17.9 Å². The van der Waals surface area contributed by atoms with Crippen molar-refractivity contribution in [1.82, 2.24) is 9.55 Å². The van der Waals surface area contributed by atoms with Gasteiger partial charge < -0.3 is 4.57 Å². The minimum Gasteiger partial charge on any atom is -0.303 e. The molecule has 0 aromatic carbocycles. The Morgan fingerprint density at radius 2 is 2.21 bits per heavy atom. The van der Waals surface area contributed by atoms with Crippen molar-refractivity contribution in [3.05, 3.63) is 42.5 Å². The molecule has 0 amide bonds. The lowest BCUT2D eigenvalue weighted by Gasteiger charge is -2.36. The summed E-state index contributed by atoms with van der Waals surface area (Å²) in [5.41, 5.74) is -1.42. The molecule has 1 heterocycles. The highest BCUT2D eigenvalue weighted by Crippen LogP contribution is 2.38. The molecule has 2 rings (SSSR count). The number of halogens is 3. The second kappa shape index (κ2) is 4.55. The van der Waals surface area contributed by atoms with Crippen LogP contribution in [0.3, 0.4) is 0 Å². The van der Waals surface area contributed by atoms with E-state index in [2.05, 4.69) is 9.72 Å². The van der Waals surface area contributed by atoms with Gasteiger partial charge in [-0.15, -0.1) is 13.2 Å². The Morgan fingerprint density at radius 3 is 2.74 bits per heavy atom. The van der Waals surface area contributed by atoms with Crippen molar-refractivity contribution >= 4 is 0 Å². The Balaban J connectivity index is 2.53. The van der Waals surface area contributed by atoms with Gasteiger partial charge in [-0.1, -0.05) is 18.2 Å². The van der Waals surface area contributed by atoms with Crippen LogP contribution in [0, 0.1) is 24.2 Å². The van der Waals surface area contributed by atoms with Gasteiger partial charge in [-0.2, -0.15) is 5.26 Å². The summed E-state index contributed by atoms with van der Waals surface area (Å²) in [6.45, 7) is 1.64. The van der Waals surface area contributed by atoms with E-state index < -0.39 is 18.0 Å². The lowest BCUT2D eigenvalue weighted by atomic mass is 9.92. The quantitative estimate of drug-likeness (QED) is 0.829. The third kappa shape index (κ3) is 2.53. The molecule has 4 nitrogen and oxygen atoms in total. The number of nitriles is 1. The summed E-state index contributed by atoms with van der Waals surface area (Å²) in [5.74, 6) is -1.10. The van der Waals surface area contributed by atoms with Gasteiger partial charge in [-0.25, -0.2) is 4.98 Å². The van der Waals surface area contributed by atoms with Gasteiger partial charge in [-0.3, -0.25) is 4.74 Å². The van der Waals surface area contributed by atoms with Crippen LogP contribution in [0.5, 0.6) is 0 Å². The van der Waals surface area contributed by atoms with Crippen molar-refractivity contribution in [2.45, 2.75) is 19.0 Å². The second-order valence-electron chi connectivity index (χ2n) is 4.07. The van der Waals surface area contributed by atoms with Crippen LogP contribution >= 0.6 is 0 Å². The van der Waals surface area contributed by atoms with Gasteiger partial charge >= 0.3 is 6.36 Å². The summed E-state index contributed by atoms with van der Waals surface area (Å²) in [7, 11) is 0. The van der Waals surface area contributed by atoms with Crippen molar-refractivity contribution in [2.24, 2.45) is 5.92 Å². The molecule has 0 bridgehead atoms.